The highest BCUT2D eigenvalue weighted by Gasteiger charge is 2.42. The van der Waals surface area contributed by atoms with E-state index in [4.69, 9.17) is 9.97 Å². The molecule has 0 saturated heterocycles. The molecule has 2 nitrogen and oxygen atoms in total. The average molecular weight is 641 g/mol. The Hall–Kier alpha value is -3.45. The zero-order chi connectivity index (χ0) is 33.6. The molecular formula is C42H52N2Si2. The Kier molecular flexibility index (Phi) is 9.57. The van der Waals surface area contributed by atoms with Crippen LogP contribution in [0.25, 0.3) is 43.6 Å². The lowest BCUT2D eigenvalue weighted by atomic mass is 10.0. The molecule has 0 spiro atoms. The van der Waals surface area contributed by atoms with Crippen LogP contribution in [-0.4, -0.2) is 26.1 Å². The summed E-state index contributed by atoms with van der Waals surface area (Å²) in [6.07, 6.45) is 0. The average Bonchev–Trinajstić information content (AvgIpc) is 2.99. The standard InChI is InChI=1S/C42H52N2Si2/c1-27(2)45(28(3)4,29(5)6)23-21-33-13-17-37-35(25-33)15-19-39-41(37)44-42-38-18-14-34(26-36(38)16-20-40(42)43-39)22-24-46(30(7)8,31(9)10)32(11)12/h13-20,25-32H,1-12H3. The van der Waals surface area contributed by atoms with Crippen LogP contribution >= 0.6 is 0 Å². The van der Waals surface area contributed by atoms with Gasteiger partial charge in [-0.05, 0) is 80.4 Å². The lowest BCUT2D eigenvalue weighted by Gasteiger charge is -2.38. The summed E-state index contributed by atoms with van der Waals surface area (Å²) in [5.41, 5.74) is 17.3. The van der Waals surface area contributed by atoms with Gasteiger partial charge in [0.15, 0.2) is 0 Å². The Balaban J connectivity index is 1.60. The molecule has 1 aromatic heterocycles. The summed E-state index contributed by atoms with van der Waals surface area (Å²) in [5.74, 6) is 7.27. The van der Waals surface area contributed by atoms with Crippen LogP contribution in [0.15, 0.2) is 60.7 Å². The largest absolute Gasteiger partial charge is 0.244 e. The Morgan fingerprint density at radius 3 is 1.11 bits per heavy atom. The number of benzene rings is 4. The number of fused-ring (bicyclic) bond motifs is 6. The minimum absolute atomic E-state index is 0.612. The number of hydrogen-bond donors (Lipinski definition) is 0. The van der Waals surface area contributed by atoms with E-state index in [-0.39, 0.29) is 0 Å². The maximum absolute atomic E-state index is 5.28. The molecule has 238 valence electrons. The first kappa shape index (κ1) is 33.9. The van der Waals surface area contributed by atoms with Crippen molar-refractivity contribution in [3.63, 3.8) is 0 Å². The first-order valence-electron chi connectivity index (χ1n) is 17.4. The Morgan fingerprint density at radius 1 is 0.435 bits per heavy atom. The molecule has 4 heteroatoms. The normalized spacial score (nSPS) is 12.7. The fraction of sp³-hybridized carbons (Fsp3) is 0.429. The van der Waals surface area contributed by atoms with E-state index in [0.717, 1.165) is 54.7 Å². The zero-order valence-corrected chi connectivity index (χ0v) is 32.1. The molecule has 0 aliphatic heterocycles. The summed E-state index contributed by atoms with van der Waals surface area (Å²) in [5, 5.41) is 4.55. The quantitative estimate of drug-likeness (QED) is 0.0798. The first-order valence-corrected chi connectivity index (χ1v) is 21.8. The number of aromatic nitrogens is 2. The smallest absolute Gasteiger partial charge is 0.146 e. The number of rotatable bonds is 6. The monoisotopic (exact) mass is 640 g/mol. The molecule has 0 unspecified atom stereocenters. The summed E-state index contributed by atoms with van der Waals surface area (Å²) < 4.78 is 0. The summed E-state index contributed by atoms with van der Waals surface area (Å²) in [6.45, 7) is 28.4. The Labute approximate surface area is 279 Å². The van der Waals surface area contributed by atoms with Crippen molar-refractivity contribution < 1.29 is 0 Å². The van der Waals surface area contributed by atoms with Gasteiger partial charge in [-0.2, -0.15) is 0 Å². The van der Waals surface area contributed by atoms with Crippen molar-refractivity contribution >= 4 is 59.8 Å². The molecule has 0 N–H and O–H groups in total. The van der Waals surface area contributed by atoms with Crippen molar-refractivity contribution in [1.82, 2.24) is 9.97 Å². The van der Waals surface area contributed by atoms with Crippen LogP contribution in [0.5, 0.6) is 0 Å². The molecule has 1 heterocycles. The van der Waals surface area contributed by atoms with Crippen LogP contribution in [0, 0.1) is 22.9 Å². The van der Waals surface area contributed by atoms with Crippen LogP contribution < -0.4 is 0 Å². The van der Waals surface area contributed by atoms with E-state index in [2.05, 4.69) is 167 Å². The second-order valence-electron chi connectivity index (χ2n) is 15.3. The molecule has 5 rings (SSSR count). The van der Waals surface area contributed by atoms with Gasteiger partial charge in [0.2, 0.25) is 0 Å². The predicted octanol–water partition coefficient (Wildman–Crippen LogP) is 12.2. The fourth-order valence-corrected chi connectivity index (χ4v) is 19.1. The van der Waals surface area contributed by atoms with Crippen LogP contribution in [0.2, 0.25) is 33.2 Å². The van der Waals surface area contributed by atoms with E-state index < -0.39 is 16.1 Å². The molecular weight excluding hydrogens is 589 g/mol. The summed E-state index contributed by atoms with van der Waals surface area (Å²) in [4.78, 5) is 10.4. The maximum Gasteiger partial charge on any atom is 0.146 e. The van der Waals surface area contributed by atoms with E-state index in [1.165, 1.54) is 0 Å². The highest BCUT2D eigenvalue weighted by atomic mass is 28.3. The van der Waals surface area contributed by atoms with Gasteiger partial charge in [-0.15, -0.1) is 11.1 Å². The number of hydrogen-bond acceptors (Lipinski definition) is 2. The van der Waals surface area contributed by atoms with E-state index in [1.54, 1.807) is 0 Å². The molecule has 5 aromatic rings. The van der Waals surface area contributed by atoms with Crippen molar-refractivity contribution in [1.29, 1.82) is 0 Å². The lowest BCUT2D eigenvalue weighted by Crippen LogP contribution is -2.43. The molecule has 0 aliphatic carbocycles. The third-order valence-corrected chi connectivity index (χ3v) is 23.6. The van der Waals surface area contributed by atoms with Crippen LogP contribution in [0.4, 0.5) is 0 Å². The third kappa shape index (κ3) is 5.80. The van der Waals surface area contributed by atoms with Crippen molar-refractivity contribution in [3.8, 4) is 22.9 Å². The van der Waals surface area contributed by atoms with Gasteiger partial charge >= 0.3 is 0 Å². The lowest BCUT2D eigenvalue weighted by molar-refractivity contribution is 0.838. The van der Waals surface area contributed by atoms with E-state index in [1.807, 2.05) is 0 Å². The molecule has 46 heavy (non-hydrogen) atoms. The molecule has 0 fully saturated rings. The van der Waals surface area contributed by atoms with Gasteiger partial charge in [-0.25, -0.2) is 9.97 Å². The van der Waals surface area contributed by atoms with Gasteiger partial charge in [-0.1, -0.05) is 119 Å². The van der Waals surface area contributed by atoms with Gasteiger partial charge in [-0.3, -0.25) is 0 Å². The third-order valence-electron chi connectivity index (χ3n) is 11.0. The van der Waals surface area contributed by atoms with E-state index in [9.17, 15) is 0 Å². The highest BCUT2D eigenvalue weighted by Crippen LogP contribution is 2.42. The summed E-state index contributed by atoms with van der Waals surface area (Å²) >= 11 is 0. The molecule has 4 aromatic carbocycles. The second-order valence-corrected chi connectivity index (χ2v) is 26.4. The van der Waals surface area contributed by atoms with Crippen molar-refractivity contribution in [3.05, 3.63) is 71.8 Å². The van der Waals surface area contributed by atoms with Crippen LogP contribution in [0.1, 0.15) is 94.2 Å². The van der Waals surface area contributed by atoms with Gasteiger partial charge in [0.25, 0.3) is 0 Å². The van der Waals surface area contributed by atoms with E-state index >= 15 is 0 Å². The topological polar surface area (TPSA) is 25.8 Å². The minimum atomic E-state index is -1.80. The van der Waals surface area contributed by atoms with Crippen LogP contribution in [-0.2, 0) is 0 Å². The Bertz CT molecular complexity index is 1860. The molecule has 0 radical (unpaired) electrons. The van der Waals surface area contributed by atoms with Crippen molar-refractivity contribution in [2.24, 2.45) is 0 Å². The molecule has 0 amide bonds. The van der Waals surface area contributed by atoms with Gasteiger partial charge in [0.05, 0.1) is 22.1 Å². The fourth-order valence-electron chi connectivity index (χ4n) is 8.64. The minimum Gasteiger partial charge on any atom is -0.244 e. The highest BCUT2D eigenvalue weighted by molar-refractivity contribution is 6.91. The van der Waals surface area contributed by atoms with Gasteiger partial charge < -0.3 is 0 Å². The summed E-state index contributed by atoms with van der Waals surface area (Å²) in [7, 11) is -3.61. The maximum atomic E-state index is 5.28. The second kappa shape index (κ2) is 13.0. The molecule has 0 bridgehead atoms. The zero-order valence-electron chi connectivity index (χ0n) is 30.1. The Morgan fingerprint density at radius 2 is 0.783 bits per heavy atom. The van der Waals surface area contributed by atoms with Gasteiger partial charge in [0.1, 0.15) is 16.1 Å². The first-order chi connectivity index (χ1) is 21.7. The van der Waals surface area contributed by atoms with Crippen LogP contribution in [0.3, 0.4) is 0 Å². The number of nitrogens with zero attached hydrogens (tertiary/aromatic N) is 2. The summed E-state index contributed by atoms with van der Waals surface area (Å²) in [6, 6.07) is 21.7. The predicted molar refractivity (Wildman–Crippen MR) is 208 cm³/mol. The van der Waals surface area contributed by atoms with Crippen molar-refractivity contribution in [2.45, 2.75) is 116 Å². The van der Waals surface area contributed by atoms with Gasteiger partial charge in [0, 0.05) is 21.9 Å². The SMILES string of the molecule is CC(C)[Si](C#Cc1ccc2c(ccc3nc4ccc5cc(C#C[Si](C(C)C)(C(C)C)C(C)C)ccc5c4nc32)c1)(C(C)C)C(C)C. The van der Waals surface area contributed by atoms with Crippen molar-refractivity contribution in [2.75, 3.05) is 0 Å². The molecule has 0 aliphatic rings. The molecule has 0 saturated carbocycles. The molecule has 0 atom stereocenters. The van der Waals surface area contributed by atoms with E-state index in [0.29, 0.717) is 33.2 Å².